The van der Waals surface area contributed by atoms with Crippen LogP contribution in [0, 0.1) is 6.92 Å². The van der Waals surface area contributed by atoms with E-state index in [-0.39, 0.29) is 6.04 Å². The SMILES string of the molecule is CCCNCc1scc(C)c1S(=O)(=O)N(C)C(C)COC. The van der Waals surface area contributed by atoms with Crippen molar-refractivity contribution in [3.05, 3.63) is 15.8 Å². The van der Waals surface area contributed by atoms with Crippen LogP contribution in [0.15, 0.2) is 10.3 Å². The van der Waals surface area contributed by atoms with Gasteiger partial charge in [0.2, 0.25) is 10.0 Å². The van der Waals surface area contributed by atoms with Gasteiger partial charge in [-0.3, -0.25) is 0 Å². The van der Waals surface area contributed by atoms with Crippen LogP contribution in [0.3, 0.4) is 0 Å². The summed E-state index contributed by atoms with van der Waals surface area (Å²) in [6, 6.07) is -0.198. The highest BCUT2D eigenvalue weighted by Gasteiger charge is 2.30. The Balaban J connectivity index is 3.04. The summed E-state index contributed by atoms with van der Waals surface area (Å²) < 4.78 is 32.1. The number of likely N-dealkylation sites (N-methyl/N-ethyl adjacent to an activating group) is 1. The summed E-state index contributed by atoms with van der Waals surface area (Å²) >= 11 is 1.50. The van der Waals surface area contributed by atoms with Gasteiger partial charge in [-0.15, -0.1) is 11.3 Å². The summed E-state index contributed by atoms with van der Waals surface area (Å²) in [6.07, 6.45) is 1.03. The number of aryl methyl sites for hydroxylation is 1. The largest absolute Gasteiger partial charge is 0.383 e. The summed E-state index contributed by atoms with van der Waals surface area (Å²) in [6.45, 7) is 7.63. The normalized spacial score (nSPS) is 13.8. The topological polar surface area (TPSA) is 58.6 Å². The number of ether oxygens (including phenoxy) is 1. The Kier molecular flexibility index (Phi) is 7.29. The Morgan fingerprint density at radius 1 is 1.48 bits per heavy atom. The van der Waals surface area contributed by atoms with Crippen molar-refractivity contribution in [1.29, 1.82) is 0 Å². The highest BCUT2D eigenvalue weighted by Crippen LogP contribution is 2.29. The smallest absolute Gasteiger partial charge is 0.244 e. The van der Waals surface area contributed by atoms with Gasteiger partial charge in [-0.25, -0.2) is 8.42 Å². The van der Waals surface area contributed by atoms with E-state index in [1.165, 1.54) is 15.6 Å². The summed E-state index contributed by atoms with van der Waals surface area (Å²) in [5.41, 5.74) is 0.810. The van der Waals surface area contributed by atoms with E-state index in [9.17, 15) is 8.42 Å². The van der Waals surface area contributed by atoms with Crippen LogP contribution >= 0.6 is 11.3 Å². The minimum atomic E-state index is -3.49. The predicted octanol–water partition coefficient (Wildman–Crippen LogP) is 2.21. The van der Waals surface area contributed by atoms with Crippen LogP contribution in [0.1, 0.15) is 30.7 Å². The van der Waals surface area contributed by atoms with E-state index in [0.29, 0.717) is 18.0 Å². The minimum absolute atomic E-state index is 0.198. The molecule has 0 saturated carbocycles. The Morgan fingerprint density at radius 2 is 2.14 bits per heavy atom. The molecule has 5 nitrogen and oxygen atoms in total. The third kappa shape index (κ3) is 4.50. The van der Waals surface area contributed by atoms with Crippen LogP contribution in [0.2, 0.25) is 0 Å². The Morgan fingerprint density at radius 3 is 2.71 bits per heavy atom. The molecule has 1 rings (SSSR count). The van der Waals surface area contributed by atoms with Gasteiger partial charge in [0, 0.05) is 31.6 Å². The molecule has 0 aliphatic carbocycles. The van der Waals surface area contributed by atoms with E-state index in [4.69, 9.17) is 4.74 Å². The van der Waals surface area contributed by atoms with Crippen LogP contribution in [-0.2, 0) is 21.3 Å². The van der Waals surface area contributed by atoms with Gasteiger partial charge in [0.1, 0.15) is 4.90 Å². The van der Waals surface area contributed by atoms with Gasteiger partial charge in [0.05, 0.1) is 6.61 Å². The molecule has 0 spiro atoms. The number of hydrogen-bond acceptors (Lipinski definition) is 5. The van der Waals surface area contributed by atoms with Crippen molar-refractivity contribution in [2.24, 2.45) is 0 Å². The number of methoxy groups -OCH3 is 1. The van der Waals surface area contributed by atoms with E-state index in [1.54, 1.807) is 14.2 Å². The Hall–Kier alpha value is -0.470. The number of rotatable bonds is 9. The molecule has 0 aromatic carbocycles. The number of nitrogens with zero attached hydrogens (tertiary/aromatic N) is 1. The average molecular weight is 335 g/mol. The molecule has 0 radical (unpaired) electrons. The van der Waals surface area contributed by atoms with Crippen molar-refractivity contribution >= 4 is 21.4 Å². The number of thiophene rings is 1. The van der Waals surface area contributed by atoms with E-state index < -0.39 is 10.0 Å². The minimum Gasteiger partial charge on any atom is -0.383 e. The van der Waals surface area contributed by atoms with Gasteiger partial charge >= 0.3 is 0 Å². The van der Waals surface area contributed by atoms with E-state index in [1.807, 2.05) is 19.2 Å². The van der Waals surface area contributed by atoms with Crippen LogP contribution in [0.5, 0.6) is 0 Å². The zero-order valence-electron chi connectivity index (χ0n) is 13.5. The van der Waals surface area contributed by atoms with Crippen molar-refractivity contribution in [3.63, 3.8) is 0 Å². The third-order valence-corrected chi connectivity index (χ3v) is 6.80. The molecule has 0 aliphatic heterocycles. The van der Waals surface area contributed by atoms with Crippen molar-refractivity contribution in [1.82, 2.24) is 9.62 Å². The quantitative estimate of drug-likeness (QED) is 0.704. The molecule has 0 saturated heterocycles. The van der Waals surface area contributed by atoms with Crippen molar-refractivity contribution < 1.29 is 13.2 Å². The second-order valence-electron chi connectivity index (χ2n) is 5.17. The second kappa shape index (κ2) is 8.24. The monoisotopic (exact) mass is 334 g/mol. The molecule has 1 unspecified atom stereocenters. The van der Waals surface area contributed by atoms with Crippen LogP contribution in [0.25, 0.3) is 0 Å². The van der Waals surface area contributed by atoms with Crippen LogP contribution < -0.4 is 5.32 Å². The molecule has 122 valence electrons. The molecule has 0 bridgehead atoms. The van der Waals surface area contributed by atoms with Crippen LogP contribution in [-0.4, -0.2) is 46.1 Å². The molecular formula is C14H26N2O3S2. The lowest BCUT2D eigenvalue weighted by molar-refractivity contribution is 0.149. The summed E-state index contributed by atoms with van der Waals surface area (Å²) in [5.74, 6) is 0. The van der Waals surface area contributed by atoms with Gasteiger partial charge in [-0.2, -0.15) is 4.31 Å². The summed E-state index contributed by atoms with van der Waals surface area (Å²) in [4.78, 5) is 1.32. The third-order valence-electron chi connectivity index (χ3n) is 3.37. The number of hydrogen-bond donors (Lipinski definition) is 1. The maximum Gasteiger partial charge on any atom is 0.244 e. The lowest BCUT2D eigenvalue weighted by Gasteiger charge is -2.24. The Labute approximate surface area is 132 Å². The number of nitrogens with one attached hydrogen (secondary N) is 1. The van der Waals surface area contributed by atoms with Gasteiger partial charge in [0.25, 0.3) is 0 Å². The maximum absolute atomic E-state index is 12.8. The van der Waals surface area contributed by atoms with Crippen molar-refractivity contribution in [2.75, 3.05) is 27.3 Å². The highest BCUT2D eigenvalue weighted by molar-refractivity contribution is 7.89. The molecule has 0 fully saturated rings. The first-order valence-electron chi connectivity index (χ1n) is 7.10. The molecule has 1 aromatic heterocycles. The maximum atomic E-state index is 12.8. The molecule has 0 amide bonds. The predicted molar refractivity (Wildman–Crippen MR) is 87.3 cm³/mol. The standard InChI is InChI=1S/C14H26N2O3S2/c1-6-7-15-8-13-14(11(2)10-20-13)21(17,18)16(4)12(3)9-19-5/h10,12,15H,6-9H2,1-5H3. The van der Waals surface area contributed by atoms with Gasteiger partial charge in [-0.05, 0) is 37.8 Å². The van der Waals surface area contributed by atoms with Gasteiger partial charge < -0.3 is 10.1 Å². The van der Waals surface area contributed by atoms with Gasteiger partial charge in [0.15, 0.2) is 0 Å². The molecule has 7 heteroatoms. The molecule has 1 N–H and O–H groups in total. The molecular weight excluding hydrogens is 308 g/mol. The molecule has 1 aromatic rings. The molecule has 1 heterocycles. The zero-order valence-corrected chi connectivity index (χ0v) is 15.1. The molecule has 1 atom stereocenters. The van der Waals surface area contributed by atoms with E-state index in [0.717, 1.165) is 23.4 Å². The van der Waals surface area contributed by atoms with E-state index in [2.05, 4.69) is 12.2 Å². The summed E-state index contributed by atoms with van der Waals surface area (Å²) in [5, 5.41) is 5.18. The van der Waals surface area contributed by atoms with Crippen molar-refractivity contribution in [3.8, 4) is 0 Å². The molecule has 0 aliphatic rings. The fourth-order valence-electron chi connectivity index (χ4n) is 2.06. The van der Waals surface area contributed by atoms with Crippen molar-refractivity contribution in [2.45, 2.75) is 44.7 Å². The lowest BCUT2D eigenvalue weighted by Crippen LogP contribution is -2.38. The lowest BCUT2D eigenvalue weighted by atomic mass is 10.3. The fourth-order valence-corrected chi connectivity index (χ4v) is 5.13. The number of sulfonamides is 1. The Bertz CT molecular complexity index is 540. The first kappa shape index (κ1) is 18.6. The first-order chi connectivity index (χ1) is 9.86. The highest BCUT2D eigenvalue weighted by atomic mass is 32.2. The summed E-state index contributed by atoms with van der Waals surface area (Å²) in [7, 11) is -0.305. The van der Waals surface area contributed by atoms with Gasteiger partial charge in [-0.1, -0.05) is 6.92 Å². The fraction of sp³-hybridized carbons (Fsp3) is 0.714. The average Bonchev–Trinajstić information content (AvgIpc) is 2.80. The molecule has 21 heavy (non-hydrogen) atoms. The second-order valence-corrected chi connectivity index (χ2v) is 8.07. The van der Waals surface area contributed by atoms with Crippen LogP contribution in [0.4, 0.5) is 0 Å². The van der Waals surface area contributed by atoms with E-state index >= 15 is 0 Å². The first-order valence-corrected chi connectivity index (χ1v) is 9.42. The zero-order chi connectivity index (χ0) is 16.0.